The van der Waals surface area contributed by atoms with Crippen molar-refractivity contribution >= 4 is 5.91 Å². The Morgan fingerprint density at radius 1 is 1.36 bits per heavy atom. The van der Waals surface area contributed by atoms with Gasteiger partial charge in [0.15, 0.2) is 5.75 Å². The molecular weight excluding hydrogens is 325 g/mol. The number of amides is 1. The van der Waals surface area contributed by atoms with Gasteiger partial charge in [0.05, 0.1) is 30.6 Å². The van der Waals surface area contributed by atoms with E-state index in [2.05, 4.69) is 9.97 Å². The van der Waals surface area contributed by atoms with Crippen molar-refractivity contribution in [2.45, 2.75) is 32.4 Å². The third-order valence-corrected chi connectivity index (χ3v) is 4.03. The third-order valence-electron chi connectivity index (χ3n) is 4.03. The van der Waals surface area contributed by atoms with E-state index < -0.39 is 5.82 Å². The molecule has 1 aromatic heterocycles. The van der Waals surface area contributed by atoms with Gasteiger partial charge in [-0.15, -0.1) is 0 Å². The lowest BCUT2D eigenvalue weighted by molar-refractivity contribution is 0.0578. The Bertz CT molecular complexity index is 734. The fraction of sp³-hybridized carbons (Fsp3) is 0.389. The first kappa shape index (κ1) is 17.3. The quantitative estimate of drug-likeness (QED) is 0.833. The normalized spacial score (nSPS) is 16.9. The largest absolute Gasteiger partial charge is 0.453 e. The molecule has 132 valence electrons. The van der Waals surface area contributed by atoms with Crippen molar-refractivity contribution in [1.82, 2.24) is 14.9 Å². The second-order valence-corrected chi connectivity index (χ2v) is 6.14. The number of nitrogens with zero attached hydrogens (tertiary/aromatic N) is 3. The smallest absolute Gasteiger partial charge is 0.258 e. The Kier molecular flexibility index (Phi) is 5.23. The molecule has 6 nitrogen and oxygen atoms in total. The summed E-state index contributed by atoms with van der Waals surface area (Å²) in [5.74, 6) is -0.127. The number of aromatic nitrogens is 2. The molecule has 1 fully saturated rings. The average Bonchev–Trinajstić information content (AvgIpc) is 3.11. The zero-order valence-electron chi connectivity index (χ0n) is 14.2. The van der Waals surface area contributed by atoms with Crippen LogP contribution in [0.4, 0.5) is 4.39 Å². The number of benzene rings is 1. The van der Waals surface area contributed by atoms with Gasteiger partial charge in [-0.3, -0.25) is 4.79 Å². The van der Waals surface area contributed by atoms with Crippen LogP contribution in [0.25, 0.3) is 0 Å². The van der Waals surface area contributed by atoms with Crippen LogP contribution in [-0.2, 0) is 4.74 Å². The Morgan fingerprint density at radius 2 is 2.12 bits per heavy atom. The fourth-order valence-electron chi connectivity index (χ4n) is 2.93. The summed E-state index contributed by atoms with van der Waals surface area (Å²) in [7, 11) is 0. The van der Waals surface area contributed by atoms with Gasteiger partial charge < -0.3 is 14.4 Å². The molecule has 7 heteroatoms. The Balaban J connectivity index is 1.93. The molecule has 1 amide bonds. The molecule has 2 aromatic rings. The molecule has 1 atom stereocenters. The molecule has 1 aliphatic heterocycles. The Hall–Kier alpha value is -2.54. The summed E-state index contributed by atoms with van der Waals surface area (Å²) in [5, 5.41) is 0. The van der Waals surface area contributed by atoms with Crippen molar-refractivity contribution < 1.29 is 18.7 Å². The van der Waals surface area contributed by atoms with Gasteiger partial charge in [0, 0.05) is 12.6 Å². The number of hydrogen-bond acceptors (Lipinski definition) is 5. The molecule has 0 radical (unpaired) electrons. The van der Waals surface area contributed by atoms with E-state index in [4.69, 9.17) is 9.47 Å². The summed E-state index contributed by atoms with van der Waals surface area (Å²) in [5.41, 5.74) is 0.171. The van der Waals surface area contributed by atoms with E-state index >= 15 is 0 Å². The lowest BCUT2D eigenvalue weighted by atomic mass is 10.1. The predicted molar refractivity (Wildman–Crippen MR) is 89.0 cm³/mol. The molecule has 0 saturated carbocycles. The third kappa shape index (κ3) is 3.93. The summed E-state index contributed by atoms with van der Waals surface area (Å²) in [6, 6.07) is 3.83. The van der Waals surface area contributed by atoms with Gasteiger partial charge in [-0.25, -0.2) is 14.4 Å². The number of hydrogen-bond donors (Lipinski definition) is 0. The summed E-state index contributed by atoms with van der Waals surface area (Å²) in [6.07, 6.45) is 5.11. The highest BCUT2D eigenvalue weighted by molar-refractivity contribution is 5.97. The van der Waals surface area contributed by atoms with Crippen LogP contribution in [0, 0.1) is 5.82 Å². The lowest BCUT2D eigenvalue weighted by Gasteiger charge is -2.32. The maximum Gasteiger partial charge on any atom is 0.258 e. The van der Waals surface area contributed by atoms with Crippen molar-refractivity contribution in [3.05, 3.63) is 48.3 Å². The van der Waals surface area contributed by atoms with Gasteiger partial charge in [0.25, 0.3) is 5.91 Å². The van der Waals surface area contributed by atoms with Gasteiger partial charge in [0.2, 0.25) is 0 Å². The Morgan fingerprint density at radius 3 is 2.76 bits per heavy atom. The zero-order valence-corrected chi connectivity index (χ0v) is 14.2. The van der Waals surface area contributed by atoms with Gasteiger partial charge in [-0.2, -0.15) is 0 Å². The first-order chi connectivity index (χ1) is 12.1. The van der Waals surface area contributed by atoms with Crippen LogP contribution in [0.2, 0.25) is 0 Å². The van der Waals surface area contributed by atoms with E-state index in [0.717, 1.165) is 6.42 Å². The van der Waals surface area contributed by atoms with Crippen molar-refractivity contribution in [2.75, 3.05) is 13.2 Å². The molecule has 0 spiro atoms. The number of rotatable bonds is 5. The molecule has 1 aliphatic rings. The zero-order chi connectivity index (χ0) is 17.8. The van der Waals surface area contributed by atoms with E-state index in [1.807, 2.05) is 13.8 Å². The van der Waals surface area contributed by atoms with Crippen LogP contribution in [0.15, 0.2) is 36.9 Å². The second kappa shape index (κ2) is 7.57. The molecule has 25 heavy (non-hydrogen) atoms. The highest BCUT2D eigenvalue weighted by atomic mass is 19.1. The molecule has 1 aromatic carbocycles. The number of carbonyl (C=O) groups excluding carboxylic acids is 1. The maximum atomic E-state index is 13.8. The highest BCUT2D eigenvalue weighted by Crippen LogP contribution is 2.28. The lowest BCUT2D eigenvalue weighted by Crippen LogP contribution is -2.45. The van der Waals surface area contributed by atoms with Gasteiger partial charge in [-0.1, -0.05) is 0 Å². The van der Waals surface area contributed by atoms with Crippen molar-refractivity contribution in [3.8, 4) is 11.5 Å². The standard InChI is InChI=1S/C18H20FN3O3/c1-12(2)22(14-5-6-24-10-14)18(23)16-7-13(19)3-4-17(16)25-15-8-20-11-21-9-15/h3-4,7-9,11-12,14H,5-6,10H2,1-2H3/t14-/m0/s1. The summed E-state index contributed by atoms with van der Waals surface area (Å²) in [6.45, 7) is 4.97. The van der Waals surface area contributed by atoms with Crippen molar-refractivity contribution in [3.63, 3.8) is 0 Å². The number of carbonyl (C=O) groups is 1. The van der Waals surface area contributed by atoms with Gasteiger partial charge >= 0.3 is 0 Å². The van der Waals surface area contributed by atoms with Crippen LogP contribution < -0.4 is 4.74 Å². The minimum absolute atomic E-state index is 0.0244. The van der Waals surface area contributed by atoms with Crippen LogP contribution in [0.1, 0.15) is 30.6 Å². The molecule has 0 N–H and O–H groups in total. The number of halogens is 1. The minimum Gasteiger partial charge on any atom is -0.453 e. The predicted octanol–water partition coefficient (Wildman–Crippen LogP) is 3.05. The molecule has 0 unspecified atom stereocenters. The highest BCUT2D eigenvalue weighted by Gasteiger charge is 2.31. The van der Waals surface area contributed by atoms with Crippen molar-refractivity contribution in [1.29, 1.82) is 0 Å². The van der Waals surface area contributed by atoms with Crippen LogP contribution in [0.5, 0.6) is 11.5 Å². The first-order valence-corrected chi connectivity index (χ1v) is 8.19. The Labute approximate surface area is 145 Å². The molecule has 2 heterocycles. The van der Waals surface area contributed by atoms with E-state index in [-0.39, 0.29) is 29.3 Å². The van der Waals surface area contributed by atoms with Crippen LogP contribution in [-0.4, -0.2) is 46.1 Å². The second-order valence-electron chi connectivity index (χ2n) is 6.14. The summed E-state index contributed by atoms with van der Waals surface area (Å²) in [4.78, 5) is 22.6. The van der Waals surface area contributed by atoms with E-state index in [1.54, 1.807) is 4.90 Å². The molecule has 3 rings (SSSR count). The van der Waals surface area contributed by atoms with E-state index in [9.17, 15) is 9.18 Å². The first-order valence-electron chi connectivity index (χ1n) is 8.19. The van der Waals surface area contributed by atoms with E-state index in [0.29, 0.717) is 19.0 Å². The SMILES string of the molecule is CC(C)N(C(=O)c1cc(F)ccc1Oc1cncnc1)[C@H]1CCOC1. The van der Waals surface area contributed by atoms with Crippen molar-refractivity contribution in [2.24, 2.45) is 0 Å². The summed E-state index contributed by atoms with van der Waals surface area (Å²) < 4.78 is 24.9. The minimum atomic E-state index is -0.494. The molecule has 0 bridgehead atoms. The molecule has 1 saturated heterocycles. The van der Waals surface area contributed by atoms with E-state index in [1.165, 1.54) is 36.9 Å². The van der Waals surface area contributed by atoms with Gasteiger partial charge in [-0.05, 0) is 38.5 Å². The number of ether oxygens (including phenoxy) is 2. The molecular formula is C18H20FN3O3. The summed E-state index contributed by atoms with van der Waals surface area (Å²) >= 11 is 0. The monoisotopic (exact) mass is 345 g/mol. The fourth-order valence-corrected chi connectivity index (χ4v) is 2.93. The van der Waals surface area contributed by atoms with Crippen LogP contribution >= 0.6 is 0 Å². The maximum absolute atomic E-state index is 13.8. The molecule has 0 aliphatic carbocycles. The topological polar surface area (TPSA) is 64.6 Å². The van der Waals surface area contributed by atoms with Gasteiger partial charge in [0.1, 0.15) is 17.9 Å². The average molecular weight is 345 g/mol. The van der Waals surface area contributed by atoms with Crippen LogP contribution in [0.3, 0.4) is 0 Å².